The summed E-state index contributed by atoms with van der Waals surface area (Å²) in [5, 5.41) is 12.7. The lowest BCUT2D eigenvalue weighted by Gasteiger charge is -2.11. The van der Waals surface area contributed by atoms with Crippen molar-refractivity contribution in [2.45, 2.75) is 32.9 Å². The maximum absolute atomic E-state index is 9.24. The fourth-order valence-corrected chi connectivity index (χ4v) is 2.13. The fraction of sp³-hybridized carbons (Fsp3) is 0.333. The normalized spacial score (nSPS) is 10.8. The van der Waals surface area contributed by atoms with Crippen molar-refractivity contribution < 1.29 is 9.84 Å². The maximum Gasteiger partial charge on any atom is 0.120 e. The third kappa shape index (κ3) is 5.48. The molecule has 0 unspecified atom stereocenters. The molecule has 21 heavy (non-hydrogen) atoms. The molecular weight excluding hydrogens is 262 g/mol. The van der Waals surface area contributed by atoms with E-state index in [2.05, 4.69) is 17.4 Å². The number of nitrogens with one attached hydrogen (secondary N) is 1. The van der Waals surface area contributed by atoms with Crippen molar-refractivity contribution in [3.63, 3.8) is 0 Å². The number of aromatic hydroxyl groups is 1. The van der Waals surface area contributed by atoms with E-state index >= 15 is 0 Å². The van der Waals surface area contributed by atoms with Crippen LogP contribution in [0, 0.1) is 0 Å². The van der Waals surface area contributed by atoms with Gasteiger partial charge >= 0.3 is 0 Å². The molecule has 0 radical (unpaired) electrons. The SMILES string of the molecule is CC(C)Oc1cccc(CNCCc2ccc(O)cc2)c1. The van der Waals surface area contributed by atoms with E-state index in [0.717, 1.165) is 25.3 Å². The van der Waals surface area contributed by atoms with E-state index in [-0.39, 0.29) is 6.10 Å². The van der Waals surface area contributed by atoms with Crippen LogP contribution in [-0.4, -0.2) is 17.8 Å². The van der Waals surface area contributed by atoms with Crippen LogP contribution in [0.15, 0.2) is 48.5 Å². The average Bonchev–Trinajstić information content (AvgIpc) is 2.45. The highest BCUT2D eigenvalue weighted by Gasteiger charge is 2.00. The smallest absolute Gasteiger partial charge is 0.120 e. The topological polar surface area (TPSA) is 41.5 Å². The van der Waals surface area contributed by atoms with E-state index in [1.807, 2.05) is 38.1 Å². The summed E-state index contributed by atoms with van der Waals surface area (Å²) >= 11 is 0. The highest BCUT2D eigenvalue weighted by Crippen LogP contribution is 2.15. The van der Waals surface area contributed by atoms with Crippen LogP contribution < -0.4 is 10.1 Å². The molecule has 3 heteroatoms. The Bertz CT molecular complexity index is 549. The van der Waals surface area contributed by atoms with Gasteiger partial charge in [-0.25, -0.2) is 0 Å². The summed E-state index contributed by atoms with van der Waals surface area (Å²) in [6.45, 7) is 5.79. The number of phenols is 1. The number of phenolic OH excluding ortho intramolecular Hbond substituents is 1. The van der Waals surface area contributed by atoms with Crippen LogP contribution in [0.25, 0.3) is 0 Å². The Hall–Kier alpha value is -2.00. The third-order valence-electron chi connectivity index (χ3n) is 3.13. The molecule has 0 spiro atoms. The fourth-order valence-electron chi connectivity index (χ4n) is 2.13. The number of ether oxygens (including phenoxy) is 1. The lowest BCUT2D eigenvalue weighted by atomic mass is 10.1. The molecule has 0 heterocycles. The molecular formula is C18H23NO2. The van der Waals surface area contributed by atoms with E-state index in [0.29, 0.717) is 5.75 Å². The van der Waals surface area contributed by atoms with Crippen LogP contribution in [-0.2, 0) is 13.0 Å². The summed E-state index contributed by atoms with van der Waals surface area (Å²) in [5.41, 5.74) is 2.44. The van der Waals surface area contributed by atoms with Crippen molar-refractivity contribution in [1.82, 2.24) is 5.32 Å². The van der Waals surface area contributed by atoms with Crippen molar-refractivity contribution in [1.29, 1.82) is 0 Å². The van der Waals surface area contributed by atoms with Gasteiger partial charge < -0.3 is 15.2 Å². The first-order valence-corrected chi connectivity index (χ1v) is 7.38. The van der Waals surface area contributed by atoms with Crippen molar-refractivity contribution >= 4 is 0 Å². The van der Waals surface area contributed by atoms with Gasteiger partial charge in [0.05, 0.1) is 6.10 Å². The number of hydrogen-bond acceptors (Lipinski definition) is 3. The van der Waals surface area contributed by atoms with Crippen LogP contribution in [0.4, 0.5) is 0 Å². The number of hydrogen-bond donors (Lipinski definition) is 2. The van der Waals surface area contributed by atoms with Crippen molar-refractivity contribution in [3.05, 3.63) is 59.7 Å². The molecule has 2 aromatic rings. The molecule has 2 aromatic carbocycles. The van der Waals surface area contributed by atoms with E-state index in [1.165, 1.54) is 11.1 Å². The largest absolute Gasteiger partial charge is 0.508 e. The average molecular weight is 285 g/mol. The Labute approximate surface area is 126 Å². The Kier molecular flexibility index (Phi) is 5.64. The van der Waals surface area contributed by atoms with Crippen LogP contribution in [0.2, 0.25) is 0 Å². The Morgan fingerprint density at radius 1 is 1.05 bits per heavy atom. The molecule has 0 atom stereocenters. The summed E-state index contributed by atoms with van der Waals surface area (Å²) in [7, 11) is 0. The van der Waals surface area contributed by atoms with Gasteiger partial charge in [-0.15, -0.1) is 0 Å². The first-order chi connectivity index (χ1) is 10.1. The van der Waals surface area contributed by atoms with Gasteiger partial charge in [0.15, 0.2) is 0 Å². The maximum atomic E-state index is 9.24. The molecule has 0 fully saturated rings. The second kappa shape index (κ2) is 7.70. The highest BCUT2D eigenvalue weighted by atomic mass is 16.5. The van der Waals surface area contributed by atoms with Gasteiger partial charge in [0.25, 0.3) is 0 Å². The minimum absolute atomic E-state index is 0.197. The lowest BCUT2D eigenvalue weighted by Crippen LogP contribution is -2.16. The van der Waals surface area contributed by atoms with E-state index in [4.69, 9.17) is 4.74 Å². The molecule has 0 aliphatic carbocycles. The van der Waals surface area contributed by atoms with E-state index in [9.17, 15) is 5.11 Å². The number of rotatable bonds is 7. The molecule has 0 saturated heterocycles. The van der Waals surface area contributed by atoms with Crippen molar-refractivity contribution in [2.75, 3.05) is 6.54 Å². The van der Waals surface area contributed by atoms with Gasteiger partial charge in [0.2, 0.25) is 0 Å². The van der Waals surface area contributed by atoms with E-state index in [1.54, 1.807) is 12.1 Å². The van der Waals surface area contributed by atoms with Crippen LogP contribution in [0.5, 0.6) is 11.5 Å². The zero-order chi connectivity index (χ0) is 15.1. The molecule has 2 N–H and O–H groups in total. The van der Waals surface area contributed by atoms with E-state index < -0.39 is 0 Å². The Morgan fingerprint density at radius 3 is 2.52 bits per heavy atom. The van der Waals surface area contributed by atoms with Gasteiger partial charge in [0, 0.05) is 6.54 Å². The van der Waals surface area contributed by atoms with Crippen LogP contribution >= 0.6 is 0 Å². The van der Waals surface area contributed by atoms with Gasteiger partial charge in [-0.1, -0.05) is 24.3 Å². The molecule has 0 aromatic heterocycles. The van der Waals surface area contributed by atoms with Crippen LogP contribution in [0.1, 0.15) is 25.0 Å². The summed E-state index contributed by atoms with van der Waals surface area (Å²) in [4.78, 5) is 0. The van der Waals surface area contributed by atoms with Crippen LogP contribution in [0.3, 0.4) is 0 Å². The molecule has 0 saturated carbocycles. The second-order valence-corrected chi connectivity index (χ2v) is 5.41. The van der Waals surface area contributed by atoms with Crippen molar-refractivity contribution in [2.24, 2.45) is 0 Å². The Morgan fingerprint density at radius 2 is 1.81 bits per heavy atom. The summed E-state index contributed by atoms with van der Waals surface area (Å²) < 4.78 is 5.69. The van der Waals surface area contributed by atoms with Crippen molar-refractivity contribution in [3.8, 4) is 11.5 Å². The highest BCUT2D eigenvalue weighted by molar-refractivity contribution is 5.29. The first-order valence-electron chi connectivity index (χ1n) is 7.38. The number of benzene rings is 2. The third-order valence-corrected chi connectivity index (χ3v) is 3.13. The molecule has 0 bridgehead atoms. The van der Waals surface area contributed by atoms with Gasteiger partial charge in [0.1, 0.15) is 11.5 Å². The summed E-state index contributed by atoms with van der Waals surface area (Å²) in [6, 6.07) is 15.5. The van der Waals surface area contributed by atoms with Gasteiger partial charge in [-0.05, 0) is 62.2 Å². The molecule has 112 valence electrons. The zero-order valence-corrected chi connectivity index (χ0v) is 12.7. The van der Waals surface area contributed by atoms with Gasteiger partial charge in [-0.3, -0.25) is 0 Å². The first kappa shape index (κ1) is 15.4. The minimum Gasteiger partial charge on any atom is -0.508 e. The minimum atomic E-state index is 0.197. The predicted molar refractivity (Wildman–Crippen MR) is 85.7 cm³/mol. The zero-order valence-electron chi connectivity index (χ0n) is 12.7. The Balaban J connectivity index is 1.76. The monoisotopic (exact) mass is 285 g/mol. The quantitative estimate of drug-likeness (QED) is 0.765. The molecule has 0 amide bonds. The van der Waals surface area contributed by atoms with Gasteiger partial charge in [-0.2, -0.15) is 0 Å². The molecule has 0 aliphatic rings. The lowest BCUT2D eigenvalue weighted by molar-refractivity contribution is 0.242. The predicted octanol–water partition coefficient (Wildman–Crippen LogP) is 3.51. The second-order valence-electron chi connectivity index (χ2n) is 5.41. The molecule has 3 nitrogen and oxygen atoms in total. The molecule has 2 rings (SSSR count). The summed E-state index contributed by atoms with van der Waals surface area (Å²) in [6.07, 6.45) is 1.14. The molecule has 0 aliphatic heterocycles. The standard InChI is InChI=1S/C18H23NO2/c1-14(2)21-18-5-3-4-16(12-18)13-19-11-10-15-6-8-17(20)9-7-15/h3-9,12,14,19-20H,10-11,13H2,1-2H3. The summed E-state index contributed by atoms with van der Waals surface area (Å²) in [5.74, 6) is 1.23.